The maximum atomic E-state index is 12.1. The molecule has 0 spiro atoms. The Kier molecular flexibility index (Phi) is 5.21. The highest BCUT2D eigenvalue weighted by molar-refractivity contribution is 7.99. The minimum atomic E-state index is 0.00687. The van der Waals surface area contributed by atoms with Gasteiger partial charge < -0.3 is 10.3 Å². The molecule has 0 unspecified atom stereocenters. The molecule has 1 aromatic heterocycles. The molecule has 0 aliphatic rings. The van der Waals surface area contributed by atoms with Gasteiger partial charge in [0.1, 0.15) is 5.82 Å². The van der Waals surface area contributed by atoms with E-state index in [1.807, 2.05) is 66.7 Å². The molecule has 0 saturated carbocycles. The molecular formula is C22H19N3OS. The molecule has 0 atom stereocenters. The number of fused-ring (bicyclic) bond motifs is 1. The summed E-state index contributed by atoms with van der Waals surface area (Å²) < 4.78 is 0. The number of aromatic amines is 1. The van der Waals surface area contributed by atoms with Gasteiger partial charge in [-0.3, -0.25) is 4.79 Å². The SMILES string of the molecule is O=C(CSCc1ccccc1)Nc1ccc(-c2nc3ccccc3[nH]2)cc1. The fourth-order valence-electron chi connectivity index (χ4n) is 2.83. The summed E-state index contributed by atoms with van der Waals surface area (Å²) >= 11 is 1.61. The zero-order valence-corrected chi connectivity index (χ0v) is 15.5. The summed E-state index contributed by atoms with van der Waals surface area (Å²) in [4.78, 5) is 20.0. The lowest BCUT2D eigenvalue weighted by Gasteiger charge is -2.06. The van der Waals surface area contributed by atoms with E-state index in [9.17, 15) is 4.79 Å². The number of hydrogen-bond acceptors (Lipinski definition) is 3. The average molecular weight is 373 g/mol. The van der Waals surface area contributed by atoms with E-state index in [4.69, 9.17) is 0 Å². The standard InChI is InChI=1S/C22H19N3OS/c26-21(15-27-14-16-6-2-1-3-7-16)23-18-12-10-17(11-13-18)22-24-19-8-4-5-9-20(19)25-22/h1-13H,14-15H2,(H,23,26)(H,24,25). The van der Waals surface area contributed by atoms with Gasteiger partial charge in [-0.15, -0.1) is 11.8 Å². The molecule has 5 heteroatoms. The Bertz CT molecular complexity index is 1010. The number of aromatic nitrogens is 2. The molecule has 0 bridgehead atoms. The summed E-state index contributed by atoms with van der Waals surface area (Å²) in [6.45, 7) is 0. The first-order chi connectivity index (χ1) is 13.3. The van der Waals surface area contributed by atoms with Crippen LogP contribution in [0.25, 0.3) is 22.4 Å². The van der Waals surface area contributed by atoms with Crippen molar-refractivity contribution in [2.24, 2.45) is 0 Å². The highest BCUT2D eigenvalue weighted by Gasteiger charge is 2.06. The third kappa shape index (κ3) is 4.38. The Morgan fingerprint density at radius 3 is 2.44 bits per heavy atom. The summed E-state index contributed by atoms with van der Waals surface area (Å²) in [6, 6.07) is 25.8. The molecule has 0 fully saturated rings. The molecule has 3 aromatic carbocycles. The van der Waals surface area contributed by atoms with Gasteiger partial charge in [-0.05, 0) is 42.0 Å². The predicted octanol–water partition coefficient (Wildman–Crippen LogP) is 5.10. The van der Waals surface area contributed by atoms with Gasteiger partial charge in [-0.25, -0.2) is 4.98 Å². The topological polar surface area (TPSA) is 57.8 Å². The molecular weight excluding hydrogens is 354 g/mol. The van der Waals surface area contributed by atoms with Gasteiger partial charge in [-0.1, -0.05) is 42.5 Å². The van der Waals surface area contributed by atoms with Crippen LogP contribution in [-0.2, 0) is 10.5 Å². The van der Waals surface area contributed by atoms with Gasteiger partial charge in [0.2, 0.25) is 5.91 Å². The molecule has 134 valence electrons. The zero-order chi connectivity index (χ0) is 18.5. The van der Waals surface area contributed by atoms with E-state index in [2.05, 4.69) is 27.4 Å². The largest absolute Gasteiger partial charge is 0.338 e. The van der Waals surface area contributed by atoms with Gasteiger partial charge in [0.05, 0.1) is 16.8 Å². The minimum Gasteiger partial charge on any atom is -0.338 e. The quantitative estimate of drug-likeness (QED) is 0.494. The van der Waals surface area contributed by atoms with E-state index >= 15 is 0 Å². The van der Waals surface area contributed by atoms with E-state index in [1.54, 1.807) is 11.8 Å². The molecule has 2 N–H and O–H groups in total. The lowest BCUT2D eigenvalue weighted by molar-refractivity contribution is -0.113. The molecule has 0 radical (unpaired) electrons. The lowest BCUT2D eigenvalue weighted by atomic mass is 10.2. The minimum absolute atomic E-state index is 0.00687. The monoisotopic (exact) mass is 373 g/mol. The number of amides is 1. The second-order valence-corrected chi connectivity index (χ2v) is 7.19. The highest BCUT2D eigenvalue weighted by Crippen LogP contribution is 2.22. The van der Waals surface area contributed by atoms with Gasteiger partial charge in [-0.2, -0.15) is 0 Å². The predicted molar refractivity (Wildman–Crippen MR) is 113 cm³/mol. The Labute approximate surface area is 162 Å². The summed E-state index contributed by atoms with van der Waals surface area (Å²) in [6.07, 6.45) is 0. The number of nitrogens with zero attached hydrogens (tertiary/aromatic N) is 1. The Hall–Kier alpha value is -3.05. The van der Waals surface area contributed by atoms with Crippen molar-refractivity contribution < 1.29 is 4.79 Å². The zero-order valence-electron chi connectivity index (χ0n) is 14.7. The molecule has 0 aliphatic carbocycles. The van der Waals surface area contributed by atoms with Crippen LogP contribution in [0.15, 0.2) is 78.9 Å². The number of imidazole rings is 1. The van der Waals surface area contributed by atoms with Crippen LogP contribution >= 0.6 is 11.8 Å². The van der Waals surface area contributed by atoms with E-state index in [-0.39, 0.29) is 5.91 Å². The van der Waals surface area contributed by atoms with Gasteiger partial charge >= 0.3 is 0 Å². The van der Waals surface area contributed by atoms with E-state index in [0.29, 0.717) is 5.75 Å². The third-order valence-corrected chi connectivity index (χ3v) is 5.18. The third-order valence-electron chi connectivity index (χ3n) is 4.18. The van der Waals surface area contributed by atoms with Crippen molar-refractivity contribution in [1.29, 1.82) is 0 Å². The van der Waals surface area contributed by atoms with Gasteiger partial charge in [0.15, 0.2) is 0 Å². The number of thioether (sulfide) groups is 1. The van der Waals surface area contributed by atoms with Crippen molar-refractivity contribution in [3.05, 3.63) is 84.4 Å². The number of hydrogen-bond donors (Lipinski definition) is 2. The van der Waals surface area contributed by atoms with Gasteiger partial charge in [0.25, 0.3) is 0 Å². The smallest absolute Gasteiger partial charge is 0.234 e. The summed E-state index contributed by atoms with van der Waals surface area (Å²) in [5.74, 6) is 2.10. The summed E-state index contributed by atoms with van der Waals surface area (Å²) in [7, 11) is 0. The first-order valence-corrected chi connectivity index (χ1v) is 9.90. The molecule has 4 aromatic rings. The van der Waals surface area contributed by atoms with Crippen LogP contribution in [0.4, 0.5) is 5.69 Å². The summed E-state index contributed by atoms with van der Waals surface area (Å²) in [5, 5.41) is 2.94. The van der Waals surface area contributed by atoms with E-state index < -0.39 is 0 Å². The van der Waals surface area contributed by atoms with Crippen LogP contribution in [0.3, 0.4) is 0 Å². The average Bonchev–Trinajstić information content (AvgIpc) is 3.13. The van der Waals surface area contributed by atoms with Crippen molar-refractivity contribution in [3.63, 3.8) is 0 Å². The summed E-state index contributed by atoms with van der Waals surface area (Å²) in [5.41, 5.74) is 4.97. The van der Waals surface area contributed by atoms with E-state index in [0.717, 1.165) is 33.9 Å². The highest BCUT2D eigenvalue weighted by atomic mass is 32.2. The molecule has 1 amide bonds. The van der Waals surface area contributed by atoms with Gasteiger partial charge in [0, 0.05) is 17.0 Å². The Morgan fingerprint density at radius 2 is 1.67 bits per heavy atom. The van der Waals surface area contributed by atoms with Crippen LogP contribution in [0.5, 0.6) is 0 Å². The first kappa shape index (κ1) is 17.4. The van der Waals surface area contributed by atoms with Crippen LogP contribution in [0.2, 0.25) is 0 Å². The lowest BCUT2D eigenvalue weighted by Crippen LogP contribution is -2.14. The second-order valence-electron chi connectivity index (χ2n) is 6.21. The Morgan fingerprint density at radius 1 is 0.926 bits per heavy atom. The second kappa shape index (κ2) is 8.10. The van der Waals surface area contributed by atoms with Crippen LogP contribution < -0.4 is 5.32 Å². The Balaban J connectivity index is 1.34. The maximum absolute atomic E-state index is 12.1. The molecule has 1 heterocycles. The number of carbonyl (C=O) groups excluding carboxylic acids is 1. The van der Waals surface area contributed by atoms with Crippen molar-refractivity contribution in [1.82, 2.24) is 9.97 Å². The fourth-order valence-corrected chi connectivity index (χ4v) is 3.62. The number of anilines is 1. The van der Waals surface area contributed by atoms with Crippen LogP contribution in [-0.4, -0.2) is 21.6 Å². The molecule has 27 heavy (non-hydrogen) atoms. The van der Waals surface area contributed by atoms with E-state index in [1.165, 1.54) is 5.56 Å². The number of benzene rings is 3. The van der Waals surface area contributed by atoms with Crippen LogP contribution in [0.1, 0.15) is 5.56 Å². The molecule has 0 saturated heterocycles. The van der Waals surface area contributed by atoms with Crippen molar-refractivity contribution >= 4 is 34.4 Å². The maximum Gasteiger partial charge on any atom is 0.234 e. The fraction of sp³-hybridized carbons (Fsp3) is 0.0909. The number of carbonyl (C=O) groups is 1. The molecule has 0 aliphatic heterocycles. The van der Waals surface area contributed by atoms with Crippen LogP contribution in [0, 0.1) is 0 Å². The normalized spacial score (nSPS) is 10.8. The van der Waals surface area contributed by atoms with Crippen molar-refractivity contribution in [3.8, 4) is 11.4 Å². The van der Waals surface area contributed by atoms with Crippen molar-refractivity contribution in [2.75, 3.05) is 11.1 Å². The van der Waals surface area contributed by atoms with Crippen molar-refractivity contribution in [2.45, 2.75) is 5.75 Å². The molecule has 4 rings (SSSR count). The number of nitrogens with one attached hydrogen (secondary N) is 2. The first-order valence-electron chi connectivity index (χ1n) is 8.75. The molecule has 4 nitrogen and oxygen atoms in total. The number of rotatable bonds is 6. The number of H-pyrrole nitrogens is 1. The number of para-hydroxylation sites is 2.